The number of esters is 2. The van der Waals surface area contributed by atoms with E-state index in [0.29, 0.717) is 40.8 Å². The summed E-state index contributed by atoms with van der Waals surface area (Å²) in [6.45, 7) is 5.92. The van der Waals surface area contributed by atoms with Gasteiger partial charge in [-0.1, -0.05) is 117 Å². The van der Waals surface area contributed by atoms with Crippen LogP contribution in [0.1, 0.15) is 91.2 Å². The van der Waals surface area contributed by atoms with E-state index in [0.717, 1.165) is 16.7 Å². The van der Waals surface area contributed by atoms with Crippen LogP contribution in [0.5, 0.6) is 0 Å². The van der Waals surface area contributed by atoms with E-state index in [-0.39, 0.29) is 43.4 Å². The molecule has 0 aromatic heterocycles. The highest BCUT2D eigenvalue weighted by molar-refractivity contribution is 5.93. The fourth-order valence-electron chi connectivity index (χ4n) is 6.40. The van der Waals surface area contributed by atoms with Gasteiger partial charge in [-0.2, -0.15) is 0 Å². The predicted molar refractivity (Wildman–Crippen MR) is 247 cm³/mol. The van der Waals surface area contributed by atoms with Crippen LogP contribution in [0.4, 0.5) is 4.53 Å². The van der Waals surface area contributed by atoms with E-state index in [1.54, 1.807) is 97.1 Å². The second kappa shape index (κ2) is 27.0. The lowest BCUT2D eigenvalue weighted by atomic mass is 9.94. The maximum Gasteiger partial charge on any atom is 0.379 e. The summed E-state index contributed by atoms with van der Waals surface area (Å²) in [5.41, 5.74) is 12.0. The summed E-state index contributed by atoms with van der Waals surface area (Å²) in [6.07, 6.45) is 3.07. The lowest BCUT2D eigenvalue weighted by Crippen LogP contribution is -2.42. The van der Waals surface area contributed by atoms with Gasteiger partial charge in [-0.25, -0.2) is 24.1 Å². The number of aliphatic hydroxyl groups excluding tert-OH is 1. The molecule has 0 amide bonds. The molecule has 1 heterocycles. The molecule has 346 valence electrons. The maximum absolute atomic E-state index is 12.9. The molecule has 13 nitrogen and oxygen atoms in total. The Bertz CT molecular complexity index is 2390. The molecule has 6 rings (SSSR count). The molecule has 0 spiro atoms. The van der Waals surface area contributed by atoms with E-state index in [1.165, 1.54) is 12.1 Å². The molecular weight excluding hydrogens is 848 g/mol. The van der Waals surface area contributed by atoms with Crippen LogP contribution in [0, 0.1) is 18.3 Å². The van der Waals surface area contributed by atoms with Crippen molar-refractivity contribution in [2.75, 3.05) is 13.2 Å². The zero-order chi connectivity index (χ0) is 47.8. The Morgan fingerprint density at radius 2 is 1.30 bits per heavy atom. The number of aryl methyl sites for hydroxylation is 1. The molecule has 0 aliphatic carbocycles. The van der Waals surface area contributed by atoms with Gasteiger partial charge in [0.25, 0.3) is 0 Å². The van der Waals surface area contributed by atoms with Crippen molar-refractivity contribution in [1.29, 1.82) is 5.41 Å². The lowest BCUT2D eigenvalue weighted by Gasteiger charge is -2.35. The normalized spacial score (nSPS) is 15.7. The summed E-state index contributed by atoms with van der Waals surface area (Å²) in [5, 5.41) is 26.5. The van der Waals surface area contributed by atoms with Crippen molar-refractivity contribution >= 4 is 35.9 Å². The number of carbonyl (C=O) groups excluding carboxylic acids is 3. The monoisotopic (exact) mass is 902 g/mol. The first-order valence-electron chi connectivity index (χ1n) is 21.2. The van der Waals surface area contributed by atoms with Crippen LogP contribution in [0.2, 0.25) is 0 Å². The van der Waals surface area contributed by atoms with Gasteiger partial charge in [0.2, 0.25) is 12.2 Å². The van der Waals surface area contributed by atoms with Gasteiger partial charge in [0.05, 0.1) is 28.4 Å². The first-order valence-corrected chi connectivity index (χ1v) is 21.2. The Morgan fingerprint density at radius 1 is 0.773 bits per heavy atom. The van der Waals surface area contributed by atoms with Crippen molar-refractivity contribution in [3.63, 3.8) is 0 Å². The number of carbonyl (C=O) groups is 4. The first kappa shape index (κ1) is 51.2. The maximum atomic E-state index is 12.9. The number of ether oxygens (including phenoxy) is 4. The number of carboxylic acids is 1. The topological polar surface area (TPSA) is 205 Å². The van der Waals surface area contributed by atoms with Gasteiger partial charge in [0, 0.05) is 41.7 Å². The number of halogens is 1. The largest absolute Gasteiger partial charge is 0.478 e. The fraction of sp³-hybridized carbons (Fsp3) is 0.250. The summed E-state index contributed by atoms with van der Waals surface area (Å²) in [6, 6.07) is 39.6. The minimum Gasteiger partial charge on any atom is -0.478 e. The molecule has 1 aliphatic heterocycles. The minimum atomic E-state index is -0.958. The second-order valence-electron chi connectivity index (χ2n) is 15.2. The van der Waals surface area contributed by atoms with Gasteiger partial charge in [0.1, 0.15) is 12.7 Å². The van der Waals surface area contributed by atoms with Crippen molar-refractivity contribution in [2.24, 2.45) is 11.7 Å². The molecule has 5 aromatic rings. The molecule has 1 aliphatic rings. The van der Waals surface area contributed by atoms with Crippen LogP contribution in [-0.2, 0) is 30.3 Å². The fourth-order valence-corrected chi connectivity index (χ4v) is 6.40. The first-order chi connectivity index (χ1) is 31.8. The van der Waals surface area contributed by atoms with E-state index in [9.17, 15) is 23.7 Å². The average molecular weight is 903 g/mol. The molecule has 1 saturated heterocycles. The average Bonchev–Trinajstić information content (AvgIpc) is 3.34. The third-order valence-corrected chi connectivity index (χ3v) is 9.95. The number of aliphatic hydroxyl groups is 1. The number of nitrogens with one attached hydrogen (secondary N) is 1. The van der Waals surface area contributed by atoms with Crippen LogP contribution in [0.3, 0.4) is 0 Å². The molecule has 0 saturated carbocycles. The van der Waals surface area contributed by atoms with E-state index >= 15 is 0 Å². The Morgan fingerprint density at radius 3 is 1.79 bits per heavy atom. The zero-order valence-corrected chi connectivity index (χ0v) is 37.0. The van der Waals surface area contributed by atoms with Crippen molar-refractivity contribution in [2.45, 2.75) is 65.0 Å². The number of nitrogens with two attached hydrogens (primary N) is 1. The van der Waals surface area contributed by atoms with Gasteiger partial charge < -0.3 is 34.9 Å². The van der Waals surface area contributed by atoms with Gasteiger partial charge in [0.15, 0.2) is 0 Å². The van der Waals surface area contributed by atoms with E-state index in [2.05, 4.69) is 4.94 Å². The van der Waals surface area contributed by atoms with Crippen LogP contribution >= 0.6 is 0 Å². The number of allylic oxidation sites excluding steroid dienone is 1. The molecule has 5 aromatic carbocycles. The standard InChI is InChI=1S/C38H44N2O7.C7H5FO2.C7H6O2/c1-25(2)35(39)33(21-30-18-17-27(20-26(30)3)12-10-11-19-41)36(40)47-34-23-31(46-38(43)29-15-8-5-9-16-29)22-32(45-34)24-44-37(42)28-13-6-4-7-14-28;8-10-7(9)6-4-2-1-3-5-6;8-7(9)6-4-2-1-3-5-6/h4-10,12-18,20,25,31-32,34,40-41H,11,19,21-24,39H2,1-3H3;1-5H;1-5H,(H,8,9)/b12-10+,35-33-,40-36?;;. The number of hydrogen-bond donors (Lipinski definition) is 4. The third kappa shape index (κ3) is 16.9. The molecule has 0 bridgehead atoms. The highest BCUT2D eigenvalue weighted by Gasteiger charge is 2.35. The molecule has 0 radical (unpaired) electrons. The van der Waals surface area contributed by atoms with Crippen molar-refractivity contribution < 1.29 is 57.8 Å². The third-order valence-electron chi connectivity index (χ3n) is 9.95. The SMILES string of the molecule is Cc1cc(/C=C/CCO)ccc1C/C(C(=N)OC1CC(OC(=O)c2ccccc2)CC(COC(=O)c2ccccc2)O1)=C(/N)C(C)C.O=C(O)c1ccccc1.O=C(OF)c1ccccc1. The highest BCUT2D eigenvalue weighted by atomic mass is 19.3. The van der Waals surface area contributed by atoms with Crippen molar-refractivity contribution in [1.82, 2.24) is 0 Å². The quantitative estimate of drug-likeness (QED) is 0.0441. The number of rotatable bonds is 15. The van der Waals surface area contributed by atoms with Crippen LogP contribution < -0.4 is 5.73 Å². The summed E-state index contributed by atoms with van der Waals surface area (Å²) in [5.74, 6) is -3.00. The highest BCUT2D eigenvalue weighted by Crippen LogP contribution is 2.28. The molecule has 3 atom stereocenters. The van der Waals surface area contributed by atoms with Gasteiger partial charge >= 0.3 is 23.9 Å². The zero-order valence-electron chi connectivity index (χ0n) is 37.0. The number of carboxylic acid groups (broad SMARTS) is 1. The van der Waals surface area contributed by atoms with Gasteiger partial charge in [-0.3, -0.25) is 5.41 Å². The predicted octanol–water partition coefficient (Wildman–Crippen LogP) is 9.50. The van der Waals surface area contributed by atoms with Gasteiger partial charge in [-0.05, 0) is 84.5 Å². The summed E-state index contributed by atoms with van der Waals surface area (Å²) in [7, 11) is 0. The summed E-state index contributed by atoms with van der Waals surface area (Å²) < 4.78 is 34.9. The van der Waals surface area contributed by atoms with E-state index in [1.807, 2.05) is 63.3 Å². The van der Waals surface area contributed by atoms with Crippen LogP contribution in [0.15, 0.2) is 157 Å². The van der Waals surface area contributed by atoms with Crippen LogP contribution in [0.25, 0.3) is 6.08 Å². The summed E-state index contributed by atoms with van der Waals surface area (Å²) in [4.78, 5) is 49.2. The minimum absolute atomic E-state index is 0.0491. The van der Waals surface area contributed by atoms with Crippen LogP contribution in [-0.4, -0.2) is 71.7 Å². The van der Waals surface area contributed by atoms with Crippen molar-refractivity contribution in [3.05, 3.63) is 196 Å². The molecule has 66 heavy (non-hydrogen) atoms. The number of benzene rings is 5. The van der Waals surface area contributed by atoms with Gasteiger partial charge in [-0.15, -0.1) is 0 Å². The molecule has 3 unspecified atom stereocenters. The Balaban J connectivity index is 0.000000410. The molecular formula is C52H55FN2O11. The molecule has 14 heteroatoms. The number of aromatic carboxylic acids is 1. The summed E-state index contributed by atoms with van der Waals surface area (Å²) >= 11 is 0. The van der Waals surface area contributed by atoms with E-state index < -0.39 is 42.4 Å². The second-order valence-corrected chi connectivity index (χ2v) is 15.2. The molecule has 1 fully saturated rings. The van der Waals surface area contributed by atoms with E-state index in [4.69, 9.17) is 40.3 Å². The molecule has 5 N–H and O–H groups in total. The van der Waals surface area contributed by atoms with Crippen molar-refractivity contribution in [3.8, 4) is 0 Å². The Hall–Kier alpha value is -7.42. The Labute approximate surface area is 383 Å². The Kier molecular flexibility index (Phi) is 21.0. The number of hydrogen-bond acceptors (Lipinski definition) is 12. The lowest BCUT2D eigenvalue weighted by molar-refractivity contribution is -0.190. The smallest absolute Gasteiger partial charge is 0.379 e.